The van der Waals surface area contributed by atoms with Gasteiger partial charge in [-0.05, 0) is 61.0 Å². The molecule has 0 unspecified atom stereocenters. The van der Waals surface area contributed by atoms with E-state index in [-0.39, 0.29) is 6.61 Å². The van der Waals surface area contributed by atoms with Crippen molar-refractivity contribution < 1.29 is 14.3 Å². The molecule has 0 radical (unpaired) electrons. The third-order valence-electron chi connectivity index (χ3n) is 4.02. The van der Waals surface area contributed by atoms with Crippen molar-refractivity contribution in [3.63, 3.8) is 0 Å². The molecule has 2 N–H and O–H groups in total. The number of rotatable bonds is 5. The first-order chi connectivity index (χ1) is 13.0. The van der Waals surface area contributed by atoms with Crippen molar-refractivity contribution in [3.05, 3.63) is 59.3 Å². The number of esters is 1. The second kappa shape index (κ2) is 7.98. The molecule has 0 aliphatic carbocycles. The van der Waals surface area contributed by atoms with Crippen LogP contribution in [-0.4, -0.2) is 23.5 Å². The van der Waals surface area contributed by atoms with Gasteiger partial charge in [-0.15, -0.1) is 0 Å². The van der Waals surface area contributed by atoms with Crippen LogP contribution in [0.15, 0.2) is 47.4 Å². The van der Waals surface area contributed by atoms with Gasteiger partial charge in [0.05, 0.1) is 0 Å². The van der Waals surface area contributed by atoms with Crippen molar-refractivity contribution in [3.8, 4) is 5.40 Å². The molecule has 0 saturated carbocycles. The van der Waals surface area contributed by atoms with Gasteiger partial charge in [-0.25, -0.2) is 4.79 Å². The molecule has 3 aromatic rings. The van der Waals surface area contributed by atoms with Crippen molar-refractivity contribution in [1.82, 2.24) is 4.98 Å². The van der Waals surface area contributed by atoms with Gasteiger partial charge in [0.2, 0.25) is 0 Å². The predicted octanol–water partition coefficient (Wildman–Crippen LogP) is 4.15. The number of H-pyrrole nitrogens is 1. The van der Waals surface area contributed by atoms with Crippen molar-refractivity contribution in [1.29, 1.82) is 5.26 Å². The number of nitrogens with one attached hydrogen (secondary N) is 2. The van der Waals surface area contributed by atoms with Crippen LogP contribution in [0.5, 0.6) is 0 Å². The van der Waals surface area contributed by atoms with E-state index >= 15 is 0 Å². The molecular formula is C20H17N3O3S. The van der Waals surface area contributed by atoms with Gasteiger partial charge in [0, 0.05) is 21.5 Å². The number of thioether (sulfide) groups is 1. The molecule has 6 nitrogen and oxygen atoms in total. The highest BCUT2D eigenvalue weighted by Crippen LogP contribution is 2.27. The highest BCUT2D eigenvalue weighted by atomic mass is 32.2. The van der Waals surface area contributed by atoms with Crippen molar-refractivity contribution in [2.45, 2.75) is 18.7 Å². The van der Waals surface area contributed by atoms with Crippen molar-refractivity contribution in [2.24, 2.45) is 0 Å². The molecule has 0 aliphatic rings. The number of hydrogen-bond acceptors (Lipinski definition) is 5. The fourth-order valence-electron chi connectivity index (χ4n) is 2.80. The smallest absolute Gasteiger partial charge is 0.355 e. The summed E-state index contributed by atoms with van der Waals surface area (Å²) in [6.07, 6.45) is 0. The average molecular weight is 379 g/mol. The van der Waals surface area contributed by atoms with Crippen LogP contribution in [0.4, 0.5) is 5.69 Å². The number of aryl methyl sites for hydroxylation is 2. The van der Waals surface area contributed by atoms with Crippen LogP contribution in [-0.2, 0) is 9.53 Å². The van der Waals surface area contributed by atoms with Crippen LogP contribution in [0.1, 0.15) is 21.6 Å². The summed E-state index contributed by atoms with van der Waals surface area (Å²) < 4.78 is 5.10. The molecule has 0 atom stereocenters. The number of benzene rings is 2. The van der Waals surface area contributed by atoms with Gasteiger partial charge in [-0.2, -0.15) is 5.26 Å². The summed E-state index contributed by atoms with van der Waals surface area (Å²) in [5, 5.41) is 14.5. The van der Waals surface area contributed by atoms with Gasteiger partial charge in [-0.1, -0.05) is 18.2 Å². The summed E-state index contributed by atoms with van der Waals surface area (Å²) in [5.74, 6) is -1.01. The molecule has 7 heteroatoms. The topological polar surface area (TPSA) is 95.0 Å². The van der Waals surface area contributed by atoms with E-state index in [2.05, 4.69) is 10.3 Å². The summed E-state index contributed by atoms with van der Waals surface area (Å²) in [5.41, 5.74) is 3.46. The Balaban J connectivity index is 1.63. The van der Waals surface area contributed by atoms with Crippen LogP contribution in [0, 0.1) is 24.5 Å². The zero-order valence-corrected chi connectivity index (χ0v) is 15.6. The molecule has 0 spiro atoms. The molecule has 0 bridgehead atoms. The molecule has 27 heavy (non-hydrogen) atoms. The molecule has 1 amide bonds. The second-order valence-electron chi connectivity index (χ2n) is 6.02. The minimum absolute atomic E-state index is 0.300. The summed E-state index contributed by atoms with van der Waals surface area (Å²) in [4.78, 5) is 28.1. The number of nitriles is 1. The predicted molar refractivity (Wildman–Crippen MR) is 105 cm³/mol. The monoisotopic (exact) mass is 379 g/mol. The van der Waals surface area contributed by atoms with E-state index in [1.54, 1.807) is 6.07 Å². The van der Waals surface area contributed by atoms with Gasteiger partial charge in [0.1, 0.15) is 11.1 Å². The Bertz CT molecular complexity index is 1010. The zero-order valence-electron chi connectivity index (χ0n) is 14.8. The third-order valence-corrected chi connectivity index (χ3v) is 4.58. The maximum atomic E-state index is 12.2. The number of para-hydroxylation sites is 1. The molecule has 2 aromatic carbocycles. The van der Waals surface area contributed by atoms with Gasteiger partial charge in [0.25, 0.3) is 5.91 Å². The number of ether oxygens (including phenoxy) is 1. The van der Waals surface area contributed by atoms with Crippen LogP contribution in [0.3, 0.4) is 0 Å². The minimum Gasteiger partial charge on any atom is -0.451 e. The first-order valence-corrected chi connectivity index (χ1v) is 9.01. The largest absolute Gasteiger partial charge is 0.451 e. The highest BCUT2D eigenvalue weighted by molar-refractivity contribution is 8.03. The Morgan fingerprint density at radius 3 is 2.56 bits per heavy atom. The Labute approximate surface area is 160 Å². The number of carbonyl (C=O) groups is 2. The number of aromatic nitrogens is 1. The van der Waals surface area contributed by atoms with Crippen molar-refractivity contribution >= 4 is 40.2 Å². The SMILES string of the molecule is Cc1cc(SC#N)cc(C)c1NC(=O)COC(=O)c1cc2ccccc2[nH]1. The molecule has 0 saturated heterocycles. The van der Waals surface area contributed by atoms with E-state index in [4.69, 9.17) is 10.00 Å². The average Bonchev–Trinajstić information content (AvgIpc) is 3.07. The van der Waals surface area contributed by atoms with E-state index in [0.717, 1.165) is 38.7 Å². The highest BCUT2D eigenvalue weighted by Gasteiger charge is 2.14. The lowest BCUT2D eigenvalue weighted by Crippen LogP contribution is -2.22. The van der Waals surface area contributed by atoms with Crippen molar-refractivity contribution in [2.75, 3.05) is 11.9 Å². The maximum Gasteiger partial charge on any atom is 0.355 e. The standard InChI is InChI=1S/C20H17N3O3S/c1-12-7-15(27-11-21)8-13(2)19(12)23-18(24)10-26-20(25)17-9-14-5-3-4-6-16(14)22-17/h3-9,22H,10H2,1-2H3,(H,23,24). The molecular weight excluding hydrogens is 362 g/mol. The number of amides is 1. The number of nitrogens with zero attached hydrogens (tertiary/aromatic N) is 1. The summed E-state index contributed by atoms with van der Waals surface area (Å²) >= 11 is 1.06. The summed E-state index contributed by atoms with van der Waals surface area (Å²) in [6, 6.07) is 12.8. The van der Waals surface area contributed by atoms with E-state index in [1.807, 2.05) is 55.6 Å². The maximum absolute atomic E-state index is 12.2. The van der Waals surface area contributed by atoms with E-state index < -0.39 is 11.9 Å². The van der Waals surface area contributed by atoms with Gasteiger partial charge in [-0.3, -0.25) is 4.79 Å². The van der Waals surface area contributed by atoms with E-state index in [9.17, 15) is 9.59 Å². The molecule has 3 rings (SSSR count). The molecule has 1 aromatic heterocycles. The zero-order chi connectivity index (χ0) is 19.4. The Morgan fingerprint density at radius 1 is 1.19 bits per heavy atom. The molecule has 0 aliphatic heterocycles. The van der Waals surface area contributed by atoms with Crippen LogP contribution in [0.25, 0.3) is 10.9 Å². The molecule has 1 heterocycles. The molecule has 0 fully saturated rings. The normalized spacial score (nSPS) is 10.4. The van der Waals surface area contributed by atoms with Crippen LogP contribution < -0.4 is 5.32 Å². The van der Waals surface area contributed by atoms with Gasteiger partial charge in [0.15, 0.2) is 6.61 Å². The first kappa shape index (κ1) is 18.5. The Hall–Kier alpha value is -3.24. The van der Waals surface area contributed by atoms with E-state index in [1.165, 1.54) is 0 Å². The summed E-state index contributed by atoms with van der Waals surface area (Å²) in [6.45, 7) is 3.31. The first-order valence-electron chi connectivity index (χ1n) is 8.20. The van der Waals surface area contributed by atoms with E-state index in [0.29, 0.717) is 11.4 Å². The fraction of sp³-hybridized carbons (Fsp3) is 0.150. The van der Waals surface area contributed by atoms with Crippen LogP contribution in [0.2, 0.25) is 0 Å². The number of thiocyanates is 1. The fourth-order valence-corrected chi connectivity index (χ4v) is 3.38. The lowest BCUT2D eigenvalue weighted by molar-refractivity contribution is -0.119. The number of hydrogen-bond donors (Lipinski definition) is 2. The number of aromatic amines is 1. The number of carbonyl (C=O) groups excluding carboxylic acids is 2. The quantitative estimate of drug-likeness (QED) is 0.394. The van der Waals surface area contributed by atoms with Crippen LogP contribution >= 0.6 is 11.8 Å². The lowest BCUT2D eigenvalue weighted by Gasteiger charge is -2.13. The second-order valence-corrected chi connectivity index (χ2v) is 6.88. The summed E-state index contributed by atoms with van der Waals surface area (Å²) in [7, 11) is 0. The Kier molecular flexibility index (Phi) is 5.48. The number of fused-ring (bicyclic) bond motifs is 1. The Morgan fingerprint density at radius 2 is 1.89 bits per heavy atom. The van der Waals surface area contributed by atoms with Gasteiger partial charge >= 0.3 is 5.97 Å². The molecule has 136 valence electrons. The minimum atomic E-state index is -0.587. The number of anilines is 1. The lowest BCUT2D eigenvalue weighted by atomic mass is 10.1. The van der Waals surface area contributed by atoms with Gasteiger partial charge < -0.3 is 15.0 Å². The third kappa shape index (κ3) is 4.30.